The average molecular weight is 289 g/mol. The normalized spacial score (nSPS) is 18.7. The Labute approximate surface area is 130 Å². The topological polar surface area (TPSA) is 21.3 Å². The second kappa shape index (κ2) is 7.42. The van der Waals surface area contributed by atoms with Crippen LogP contribution in [-0.2, 0) is 16.7 Å². The summed E-state index contributed by atoms with van der Waals surface area (Å²) in [7, 11) is 0. The molecule has 0 spiro atoms. The summed E-state index contributed by atoms with van der Waals surface area (Å²) >= 11 is 0. The molecule has 1 heterocycles. The zero-order chi connectivity index (χ0) is 15.3. The van der Waals surface area contributed by atoms with Gasteiger partial charge < -0.3 is 10.1 Å². The molecular formula is C19H31NO. The Bertz CT molecular complexity index is 418. The lowest BCUT2D eigenvalue weighted by molar-refractivity contribution is 0.0558. The smallest absolute Gasteiger partial charge is 0.0469 e. The van der Waals surface area contributed by atoms with Gasteiger partial charge in [-0.15, -0.1) is 0 Å². The van der Waals surface area contributed by atoms with Gasteiger partial charge in [0.15, 0.2) is 0 Å². The van der Waals surface area contributed by atoms with E-state index >= 15 is 0 Å². The second-order valence-electron chi connectivity index (χ2n) is 7.05. The maximum Gasteiger partial charge on any atom is 0.0469 e. The Balaban J connectivity index is 1.86. The largest absolute Gasteiger partial charge is 0.381 e. The zero-order valence-electron chi connectivity index (χ0n) is 14.1. The van der Waals surface area contributed by atoms with Crippen LogP contribution in [0.1, 0.15) is 58.1 Å². The van der Waals surface area contributed by atoms with E-state index in [4.69, 9.17) is 4.74 Å². The first kappa shape index (κ1) is 16.5. The van der Waals surface area contributed by atoms with Crippen molar-refractivity contribution in [3.63, 3.8) is 0 Å². The van der Waals surface area contributed by atoms with E-state index in [1.54, 1.807) is 0 Å². The van der Waals surface area contributed by atoms with E-state index in [1.165, 1.54) is 30.4 Å². The van der Waals surface area contributed by atoms with E-state index in [0.717, 1.165) is 25.7 Å². The summed E-state index contributed by atoms with van der Waals surface area (Å²) in [5.74, 6) is 0.761. The van der Waals surface area contributed by atoms with Crippen molar-refractivity contribution in [2.24, 2.45) is 5.92 Å². The van der Waals surface area contributed by atoms with Gasteiger partial charge in [-0.1, -0.05) is 45.0 Å². The summed E-state index contributed by atoms with van der Waals surface area (Å²) in [5.41, 5.74) is 3.09. The Hall–Kier alpha value is -0.860. The lowest BCUT2D eigenvalue weighted by Gasteiger charge is -2.28. The van der Waals surface area contributed by atoms with Gasteiger partial charge >= 0.3 is 0 Å². The number of hydrogen-bond donors (Lipinski definition) is 1. The number of hydrogen-bond acceptors (Lipinski definition) is 2. The van der Waals surface area contributed by atoms with Crippen LogP contribution in [0.5, 0.6) is 0 Å². The predicted molar refractivity (Wildman–Crippen MR) is 89.6 cm³/mol. The fourth-order valence-electron chi connectivity index (χ4n) is 2.94. The highest BCUT2D eigenvalue weighted by molar-refractivity contribution is 5.28. The third-order valence-electron chi connectivity index (χ3n) is 5.22. The molecule has 2 heteroatoms. The van der Waals surface area contributed by atoms with Crippen LogP contribution in [-0.4, -0.2) is 19.3 Å². The molecule has 21 heavy (non-hydrogen) atoms. The van der Waals surface area contributed by atoms with Crippen molar-refractivity contribution < 1.29 is 4.74 Å². The van der Waals surface area contributed by atoms with Gasteiger partial charge in [-0.3, -0.25) is 0 Å². The van der Waals surface area contributed by atoms with Crippen molar-refractivity contribution in [2.75, 3.05) is 13.2 Å². The van der Waals surface area contributed by atoms with E-state index in [9.17, 15) is 0 Å². The molecule has 2 nitrogen and oxygen atoms in total. The number of benzene rings is 1. The zero-order valence-corrected chi connectivity index (χ0v) is 14.1. The molecule has 0 bridgehead atoms. The lowest BCUT2D eigenvalue weighted by Crippen LogP contribution is -2.36. The molecule has 1 saturated heterocycles. The van der Waals surface area contributed by atoms with Gasteiger partial charge in [-0.2, -0.15) is 0 Å². The van der Waals surface area contributed by atoms with Crippen LogP contribution in [0.2, 0.25) is 0 Å². The molecule has 1 unspecified atom stereocenters. The van der Waals surface area contributed by atoms with Crippen molar-refractivity contribution >= 4 is 0 Å². The van der Waals surface area contributed by atoms with Crippen molar-refractivity contribution in [3.05, 3.63) is 35.4 Å². The van der Waals surface area contributed by atoms with E-state index < -0.39 is 0 Å². The summed E-state index contributed by atoms with van der Waals surface area (Å²) in [4.78, 5) is 0. The second-order valence-corrected chi connectivity index (χ2v) is 7.05. The van der Waals surface area contributed by atoms with E-state index in [-0.39, 0.29) is 5.41 Å². The van der Waals surface area contributed by atoms with Gasteiger partial charge in [0.25, 0.3) is 0 Å². The summed E-state index contributed by atoms with van der Waals surface area (Å²) in [6.07, 6.45) is 3.56. The summed E-state index contributed by atoms with van der Waals surface area (Å²) in [6, 6.07) is 9.70. The third kappa shape index (κ3) is 4.55. The molecule has 0 radical (unpaired) electrons. The minimum atomic E-state index is 0.279. The summed E-state index contributed by atoms with van der Waals surface area (Å²) < 4.78 is 5.44. The molecule has 118 valence electrons. The summed E-state index contributed by atoms with van der Waals surface area (Å²) in [6.45, 7) is 12.0. The third-order valence-corrected chi connectivity index (χ3v) is 5.22. The van der Waals surface area contributed by atoms with Crippen LogP contribution in [0.3, 0.4) is 0 Å². The van der Waals surface area contributed by atoms with Gasteiger partial charge in [0, 0.05) is 25.8 Å². The molecule has 0 saturated carbocycles. The van der Waals surface area contributed by atoms with Gasteiger partial charge in [0.2, 0.25) is 0 Å². The number of nitrogens with one attached hydrogen (secondary N) is 1. The molecule has 1 aromatic rings. The quantitative estimate of drug-likeness (QED) is 0.844. The van der Waals surface area contributed by atoms with Gasteiger partial charge in [0.1, 0.15) is 0 Å². The molecule has 1 atom stereocenters. The van der Waals surface area contributed by atoms with Crippen LogP contribution >= 0.6 is 0 Å². The lowest BCUT2D eigenvalue weighted by atomic mass is 9.82. The first-order chi connectivity index (χ1) is 10.0. The Kier molecular flexibility index (Phi) is 5.83. The molecule has 0 aliphatic carbocycles. The van der Waals surface area contributed by atoms with Crippen LogP contribution in [0.15, 0.2) is 24.3 Å². The van der Waals surface area contributed by atoms with Crippen molar-refractivity contribution in [2.45, 2.75) is 65.0 Å². The molecule has 0 aromatic heterocycles. The highest BCUT2D eigenvalue weighted by Crippen LogP contribution is 2.26. The Morgan fingerprint density at radius 3 is 2.38 bits per heavy atom. The Morgan fingerprint density at radius 1 is 1.19 bits per heavy atom. The van der Waals surface area contributed by atoms with Gasteiger partial charge in [-0.25, -0.2) is 0 Å². The van der Waals surface area contributed by atoms with Crippen LogP contribution in [0, 0.1) is 5.92 Å². The minimum Gasteiger partial charge on any atom is -0.381 e. The standard InChI is InChI=1S/C19H31NO/c1-5-19(3,4)18-8-6-16(7-9-18)14-20-15(2)17-10-12-21-13-11-17/h6-9,15,17,20H,5,10-14H2,1-4H3. The Morgan fingerprint density at radius 2 is 1.81 bits per heavy atom. The SMILES string of the molecule is CCC(C)(C)c1ccc(CNC(C)C2CCOCC2)cc1. The molecule has 0 amide bonds. The first-order valence-electron chi connectivity index (χ1n) is 8.43. The van der Waals surface area contributed by atoms with E-state index in [1.807, 2.05) is 0 Å². The molecule has 1 aliphatic rings. The number of ether oxygens (including phenoxy) is 1. The molecule has 1 aliphatic heterocycles. The first-order valence-corrected chi connectivity index (χ1v) is 8.43. The molecular weight excluding hydrogens is 258 g/mol. The highest BCUT2D eigenvalue weighted by Gasteiger charge is 2.20. The van der Waals surface area contributed by atoms with Crippen LogP contribution in [0.4, 0.5) is 0 Å². The summed E-state index contributed by atoms with van der Waals surface area (Å²) in [5, 5.41) is 3.69. The van der Waals surface area contributed by atoms with Crippen molar-refractivity contribution in [1.29, 1.82) is 0 Å². The van der Waals surface area contributed by atoms with Gasteiger partial charge in [0.05, 0.1) is 0 Å². The maximum atomic E-state index is 5.44. The number of rotatable bonds is 6. The van der Waals surface area contributed by atoms with E-state index in [2.05, 4.69) is 57.3 Å². The fraction of sp³-hybridized carbons (Fsp3) is 0.684. The van der Waals surface area contributed by atoms with Crippen LogP contribution < -0.4 is 5.32 Å². The molecule has 1 N–H and O–H groups in total. The van der Waals surface area contributed by atoms with Crippen molar-refractivity contribution in [1.82, 2.24) is 5.32 Å². The van der Waals surface area contributed by atoms with E-state index in [0.29, 0.717) is 6.04 Å². The van der Waals surface area contributed by atoms with Gasteiger partial charge in [-0.05, 0) is 48.6 Å². The molecule has 2 rings (SSSR count). The van der Waals surface area contributed by atoms with Crippen molar-refractivity contribution in [3.8, 4) is 0 Å². The monoisotopic (exact) mass is 289 g/mol. The maximum absolute atomic E-state index is 5.44. The molecule has 1 aromatic carbocycles. The predicted octanol–water partition coefficient (Wildman–Crippen LogP) is 4.28. The average Bonchev–Trinajstić information content (AvgIpc) is 2.54. The highest BCUT2D eigenvalue weighted by atomic mass is 16.5. The fourth-order valence-corrected chi connectivity index (χ4v) is 2.94. The minimum absolute atomic E-state index is 0.279. The molecule has 1 fully saturated rings. The van der Waals surface area contributed by atoms with Crippen LogP contribution in [0.25, 0.3) is 0 Å².